The van der Waals surface area contributed by atoms with Gasteiger partial charge in [-0.25, -0.2) is 14.4 Å². The van der Waals surface area contributed by atoms with Crippen molar-refractivity contribution in [2.75, 3.05) is 0 Å². The molecule has 0 rings (SSSR count). The van der Waals surface area contributed by atoms with Crippen LogP contribution in [-0.2, 0) is 23.9 Å². The molecule has 0 aliphatic heterocycles. The molecule has 0 aromatic carbocycles. The Balaban J connectivity index is 4.64. The highest BCUT2D eigenvalue weighted by atomic mass is 16.6. The molecule has 0 bridgehead atoms. The molecular weight excluding hydrogens is 256 g/mol. The maximum atomic E-state index is 11.0. The van der Waals surface area contributed by atoms with Gasteiger partial charge in [-0.3, -0.25) is 4.79 Å². The average molecular weight is 266 g/mol. The normalized spacial score (nSPS) is 15.2. The monoisotopic (exact) mass is 266 g/mol. The molecule has 3 unspecified atom stereocenters. The van der Waals surface area contributed by atoms with Gasteiger partial charge in [0.15, 0.2) is 12.2 Å². The fourth-order valence-corrected chi connectivity index (χ4v) is 0.812. The molecule has 0 spiro atoms. The molecule has 0 aliphatic carbocycles. The number of hydrogen-bond acceptors (Lipinski definition) is 7. The molecule has 0 radical (unpaired) electrons. The minimum absolute atomic E-state index is 1.07. The average Bonchev–Trinajstić information content (AvgIpc) is 2.24. The lowest BCUT2D eigenvalue weighted by atomic mass is 10.2. The Morgan fingerprint density at radius 3 is 1.72 bits per heavy atom. The van der Waals surface area contributed by atoms with E-state index in [0.717, 1.165) is 0 Å². The Hall–Kier alpha value is -2.20. The second-order valence-corrected chi connectivity index (χ2v) is 3.09. The van der Waals surface area contributed by atoms with Gasteiger partial charge in [-0.2, -0.15) is 0 Å². The van der Waals surface area contributed by atoms with Gasteiger partial charge < -0.3 is 30.3 Å². The molecule has 18 heavy (non-hydrogen) atoms. The lowest BCUT2D eigenvalue weighted by Crippen LogP contribution is -2.43. The lowest BCUT2D eigenvalue weighted by Gasteiger charge is -2.16. The van der Waals surface area contributed by atoms with Gasteiger partial charge in [0.1, 0.15) is 0 Å². The zero-order valence-electron chi connectivity index (χ0n) is 8.72. The largest absolute Gasteiger partial charge is 0.481 e. The van der Waals surface area contributed by atoms with E-state index in [-0.39, 0.29) is 0 Å². The van der Waals surface area contributed by atoms with E-state index in [1.165, 1.54) is 0 Å². The molecule has 10 heteroatoms. The number of carboxylic acid groups (broad SMARTS) is 3. The Morgan fingerprint density at radius 1 is 0.889 bits per heavy atom. The Bertz CT molecular complexity index is 361. The van der Waals surface area contributed by atoms with Crippen molar-refractivity contribution in [1.82, 2.24) is 0 Å². The smallest absolute Gasteiger partial charge is 0.345 e. The number of ether oxygens (including phenoxy) is 1. The van der Waals surface area contributed by atoms with Crippen LogP contribution in [0.2, 0.25) is 0 Å². The van der Waals surface area contributed by atoms with Gasteiger partial charge in [-0.15, -0.1) is 0 Å². The van der Waals surface area contributed by atoms with Crippen LogP contribution in [0.5, 0.6) is 0 Å². The minimum atomic E-state index is -2.52. The van der Waals surface area contributed by atoms with Crippen LogP contribution in [0.1, 0.15) is 6.42 Å². The zero-order chi connectivity index (χ0) is 14.5. The molecule has 5 N–H and O–H groups in total. The SMILES string of the molecule is O=C(O)CC(OC(=O)C(O)C(O)C(=O)O)C(=O)O. The third kappa shape index (κ3) is 4.76. The van der Waals surface area contributed by atoms with E-state index in [4.69, 9.17) is 25.5 Å². The topological polar surface area (TPSA) is 179 Å². The van der Waals surface area contributed by atoms with Crippen LogP contribution in [0.3, 0.4) is 0 Å². The number of esters is 1. The van der Waals surface area contributed by atoms with Crippen LogP contribution in [0.15, 0.2) is 0 Å². The van der Waals surface area contributed by atoms with Crippen molar-refractivity contribution < 1.29 is 49.4 Å². The fraction of sp³-hybridized carbons (Fsp3) is 0.500. The van der Waals surface area contributed by atoms with E-state index < -0.39 is 48.6 Å². The zero-order valence-corrected chi connectivity index (χ0v) is 8.72. The summed E-state index contributed by atoms with van der Waals surface area (Å²) < 4.78 is 4.06. The summed E-state index contributed by atoms with van der Waals surface area (Å²) in [7, 11) is 0. The highest BCUT2D eigenvalue weighted by Crippen LogP contribution is 2.05. The molecule has 0 aromatic rings. The molecule has 3 atom stereocenters. The van der Waals surface area contributed by atoms with Crippen LogP contribution in [0.25, 0.3) is 0 Å². The lowest BCUT2D eigenvalue weighted by molar-refractivity contribution is -0.180. The van der Waals surface area contributed by atoms with E-state index in [0.29, 0.717) is 0 Å². The number of carbonyl (C=O) groups excluding carboxylic acids is 1. The van der Waals surface area contributed by atoms with Crippen LogP contribution >= 0.6 is 0 Å². The first kappa shape index (κ1) is 15.8. The molecule has 0 heterocycles. The van der Waals surface area contributed by atoms with Crippen molar-refractivity contribution in [2.45, 2.75) is 24.7 Å². The van der Waals surface area contributed by atoms with E-state index in [1.807, 2.05) is 0 Å². The van der Waals surface area contributed by atoms with Crippen molar-refractivity contribution in [1.29, 1.82) is 0 Å². The van der Waals surface area contributed by atoms with Crippen molar-refractivity contribution in [2.24, 2.45) is 0 Å². The number of aliphatic hydroxyl groups excluding tert-OH is 2. The molecule has 0 fully saturated rings. The van der Waals surface area contributed by atoms with Crippen LogP contribution in [0.4, 0.5) is 0 Å². The molecule has 0 saturated heterocycles. The Labute approximate surface area is 99.0 Å². The van der Waals surface area contributed by atoms with Gasteiger partial charge in [-0.1, -0.05) is 0 Å². The van der Waals surface area contributed by atoms with Gasteiger partial charge in [0.25, 0.3) is 0 Å². The van der Waals surface area contributed by atoms with Crippen LogP contribution in [-0.4, -0.2) is 67.7 Å². The quantitative estimate of drug-likeness (QED) is 0.303. The molecule has 0 aromatic heterocycles. The fourth-order valence-electron chi connectivity index (χ4n) is 0.812. The first-order valence-corrected chi connectivity index (χ1v) is 4.40. The Kier molecular flexibility index (Phi) is 5.72. The summed E-state index contributed by atoms with van der Waals surface area (Å²) >= 11 is 0. The molecular formula is C8H10O10. The number of rotatable bonds is 7. The van der Waals surface area contributed by atoms with Gasteiger partial charge in [0, 0.05) is 0 Å². The number of carboxylic acids is 3. The maximum absolute atomic E-state index is 11.0. The molecule has 102 valence electrons. The highest BCUT2D eigenvalue weighted by Gasteiger charge is 2.35. The Morgan fingerprint density at radius 2 is 1.39 bits per heavy atom. The van der Waals surface area contributed by atoms with E-state index in [2.05, 4.69) is 4.74 Å². The van der Waals surface area contributed by atoms with Crippen molar-refractivity contribution >= 4 is 23.9 Å². The predicted octanol–water partition coefficient (Wildman–Crippen LogP) is -2.74. The number of carbonyl (C=O) groups is 4. The maximum Gasteiger partial charge on any atom is 0.345 e. The van der Waals surface area contributed by atoms with Crippen LogP contribution in [0, 0.1) is 0 Å². The third-order valence-corrected chi connectivity index (χ3v) is 1.69. The van der Waals surface area contributed by atoms with E-state index >= 15 is 0 Å². The summed E-state index contributed by atoms with van der Waals surface area (Å²) in [6, 6.07) is 0. The molecule has 0 amide bonds. The number of aliphatic hydroxyl groups is 2. The van der Waals surface area contributed by atoms with E-state index in [1.54, 1.807) is 0 Å². The van der Waals surface area contributed by atoms with Gasteiger partial charge in [-0.05, 0) is 0 Å². The summed E-state index contributed by atoms with van der Waals surface area (Å²) in [5, 5.41) is 42.8. The summed E-state index contributed by atoms with van der Waals surface area (Å²) in [6.07, 6.45) is -8.18. The number of hydrogen-bond donors (Lipinski definition) is 5. The highest BCUT2D eigenvalue weighted by molar-refractivity contribution is 5.87. The van der Waals surface area contributed by atoms with Crippen molar-refractivity contribution in [3.8, 4) is 0 Å². The summed E-state index contributed by atoms with van der Waals surface area (Å²) in [6.45, 7) is 0. The van der Waals surface area contributed by atoms with E-state index in [9.17, 15) is 19.2 Å². The van der Waals surface area contributed by atoms with Gasteiger partial charge in [0.05, 0.1) is 6.42 Å². The van der Waals surface area contributed by atoms with Gasteiger partial charge in [0.2, 0.25) is 6.10 Å². The second kappa shape index (κ2) is 6.51. The first-order chi connectivity index (χ1) is 8.16. The molecule has 0 aliphatic rings. The summed E-state index contributed by atoms with van der Waals surface area (Å²) in [5.41, 5.74) is 0. The van der Waals surface area contributed by atoms with Crippen molar-refractivity contribution in [3.63, 3.8) is 0 Å². The molecule has 10 nitrogen and oxygen atoms in total. The third-order valence-electron chi connectivity index (χ3n) is 1.69. The minimum Gasteiger partial charge on any atom is -0.481 e. The predicted molar refractivity (Wildman–Crippen MR) is 49.4 cm³/mol. The first-order valence-electron chi connectivity index (χ1n) is 4.40. The molecule has 0 saturated carbocycles. The summed E-state index contributed by atoms with van der Waals surface area (Å²) in [4.78, 5) is 42.0. The van der Waals surface area contributed by atoms with Gasteiger partial charge >= 0.3 is 23.9 Å². The van der Waals surface area contributed by atoms with Crippen LogP contribution < -0.4 is 0 Å². The van der Waals surface area contributed by atoms with Crippen molar-refractivity contribution in [3.05, 3.63) is 0 Å². The standard InChI is InChI=1S/C8H10O10/c9-3(10)1-2(6(13)14)18-8(17)5(12)4(11)7(15)16/h2,4-5,11-12H,1H2,(H,9,10)(H,13,14)(H,15,16). The summed E-state index contributed by atoms with van der Waals surface area (Å²) in [5.74, 6) is -7.05. The second-order valence-electron chi connectivity index (χ2n) is 3.09. The number of aliphatic carboxylic acids is 3.